The molecule has 2 rings (SSSR count). The quantitative estimate of drug-likeness (QED) is 0.615. The van der Waals surface area contributed by atoms with E-state index >= 15 is 0 Å². The van der Waals surface area contributed by atoms with E-state index in [-0.39, 0.29) is 6.10 Å². The van der Waals surface area contributed by atoms with Gasteiger partial charge in [0.1, 0.15) is 11.9 Å². The summed E-state index contributed by atoms with van der Waals surface area (Å²) < 4.78 is 5.87. The second-order valence-corrected chi connectivity index (χ2v) is 4.10. The Balaban J connectivity index is 2.29. The first kappa shape index (κ1) is 9.32. The fraction of sp³-hybridized carbons (Fsp3) is 0.385. The Labute approximate surface area is 85.4 Å². The number of aryl methyl sites for hydroxylation is 2. The first-order valence-electron chi connectivity index (χ1n) is 5.08. The minimum atomic E-state index is 0.212. The number of benzene rings is 1. The van der Waals surface area contributed by atoms with Crippen molar-refractivity contribution < 1.29 is 4.74 Å². The van der Waals surface area contributed by atoms with Crippen molar-refractivity contribution in [1.29, 1.82) is 0 Å². The summed E-state index contributed by atoms with van der Waals surface area (Å²) >= 11 is 0. The van der Waals surface area contributed by atoms with Gasteiger partial charge in [0, 0.05) is 0 Å². The molecule has 0 saturated heterocycles. The fourth-order valence-corrected chi connectivity index (χ4v) is 1.82. The van der Waals surface area contributed by atoms with Gasteiger partial charge in [0.25, 0.3) is 0 Å². The highest BCUT2D eigenvalue weighted by Crippen LogP contribution is 2.30. The summed E-state index contributed by atoms with van der Waals surface area (Å²) in [5, 5.41) is 0. The molecule has 1 aliphatic rings. The zero-order valence-corrected chi connectivity index (χ0v) is 8.84. The van der Waals surface area contributed by atoms with E-state index < -0.39 is 0 Å². The van der Waals surface area contributed by atoms with Crippen LogP contribution in [0.4, 0.5) is 0 Å². The molecule has 1 heteroatoms. The predicted octanol–water partition coefficient (Wildman–Crippen LogP) is 3.26. The molecule has 0 fully saturated rings. The van der Waals surface area contributed by atoms with Gasteiger partial charge < -0.3 is 4.74 Å². The van der Waals surface area contributed by atoms with Gasteiger partial charge in [-0.15, -0.1) is 0 Å². The highest BCUT2D eigenvalue weighted by molar-refractivity contribution is 5.39. The van der Waals surface area contributed by atoms with Gasteiger partial charge in [-0.1, -0.05) is 18.7 Å². The van der Waals surface area contributed by atoms with Crippen molar-refractivity contribution in [3.8, 4) is 5.75 Å². The van der Waals surface area contributed by atoms with Crippen molar-refractivity contribution in [3.05, 3.63) is 41.5 Å². The molecule has 0 saturated carbocycles. The first-order chi connectivity index (χ1) is 6.66. The number of ether oxygens (including phenoxy) is 1. The van der Waals surface area contributed by atoms with Crippen LogP contribution in [-0.2, 0) is 6.42 Å². The number of hydrogen-bond donors (Lipinski definition) is 0. The summed E-state index contributed by atoms with van der Waals surface area (Å²) in [5.41, 5.74) is 3.70. The highest BCUT2D eigenvalue weighted by Gasteiger charge is 2.19. The number of hydrogen-bond acceptors (Lipinski definition) is 1. The van der Waals surface area contributed by atoms with Crippen molar-refractivity contribution in [2.45, 2.75) is 32.8 Å². The van der Waals surface area contributed by atoms with Crippen LogP contribution in [0.2, 0.25) is 0 Å². The molecule has 1 nitrogen and oxygen atoms in total. The molecule has 0 aliphatic carbocycles. The van der Waals surface area contributed by atoms with Crippen LogP contribution in [0, 0.1) is 6.92 Å². The summed E-state index contributed by atoms with van der Waals surface area (Å²) in [5.74, 6) is 1.05. The average Bonchev–Trinajstić information content (AvgIpc) is 2.16. The second-order valence-electron chi connectivity index (χ2n) is 4.10. The van der Waals surface area contributed by atoms with Crippen molar-refractivity contribution >= 4 is 0 Å². The maximum Gasteiger partial charge on any atom is 0.123 e. The molecule has 1 aromatic carbocycles. The van der Waals surface area contributed by atoms with Crippen LogP contribution in [0.3, 0.4) is 0 Å². The zero-order valence-electron chi connectivity index (χ0n) is 8.84. The summed E-state index contributed by atoms with van der Waals surface area (Å²) in [7, 11) is 0. The van der Waals surface area contributed by atoms with E-state index in [1.165, 1.54) is 11.1 Å². The normalized spacial score (nSPS) is 19.7. The zero-order chi connectivity index (χ0) is 10.1. The van der Waals surface area contributed by atoms with E-state index in [2.05, 4.69) is 31.7 Å². The van der Waals surface area contributed by atoms with Crippen molar-refractivity contribution in [3.63, 3.8) is 0 Å². The second kappa shape index (κ2) is 3.49. The topological polar surface area (TPSA) is 9.23 Å². The van der Waals surface area contributed by atoms with Gasteiger partial charge in [0.2, 0.25) is 0 Å². The van der Waals surface area contributed by atoms with Crippen LogP contribution in [0.15, 0.2) is 30.4 Å². The van der Waals surface area contributed by atoms with Crippen molar-refractivity contribution in [1.82, 2.24) is 0 Å². The Morgan fingerprint density at radius 1 is 1.50 bits per heavy atom. The van der Waals surface area contributed by atoms with Gasteiger partial charge in [0.05, 0.1) is 0 Å². The largest absolute Gasteiger partial charge is 0.486 e. The summed E-state index contributed by atoms with van der Waals surface area (Å²) in [6.45, 7) is 8.07. The summed E-state index contributed by atoms with van der Waals surface area (Å²) in [4.78, 5) is 0. The summed E-state index contributed by atoms with van der Waals surface area (Å²) in [6, 6.07) is 6.42. The molecule has 1 heterocycles. The smallest absolute Gasteiger partial charge is 0.123 e. The lowest BCUT2D eigenvalue weighted by atomic mass is 9.98. The molecular formula is C13H16O. The number of fused-ring (bicyclic) bond motifs is 1. The Kier molecular flexibility index (Phi) is 2.32. The Bertz CT molecular complexity index is 365. The molecule has 0 radical (unpaired) electrons. The maximum absolute atomic E-state index is 5.87. The molecular weight excluding hydrogens is 172 g/mol. The Morgan fingerprint density at radius 3 is 3.00 bits per heavy atom. The molecule has 74 valence electrons. The molecule has 0 amide bonds. The van der Waals surface area contributed by atoms with Gasteiger partial charge in [-0.3, -0.25) is 0 Å². The van der Waals surface area contributed by atoms with E-state index in [9.17, 15) is 0 Å². The van der Waals surface area contributed by atoms with Crippen molar-refractivity contribution in [2.75, 3.05) is 0 Å². The van der Waals surface area contributed by atoms with Gasteiger partial charge in [-0.2, -0.15) is 0 Å². The summed E-state index contributed by atoms with van der Waals surface area (Å²) in [6.07, 6.45) is 2.38. The van der Waals surface area contributed by atoms with Gasteiger partial charge in [-0.05, 0) is 49.5 Å². The molecule has 1 aliphatic heterocycles. The SMILES string of the molecule is C=C(C)C1CCc2ccc(C)cc2O1. The molecule has 1 atom stereocenters. The molecule has 0 N–H and O–H groups in total. The van der Waals surface area contributed by atoms with Crippen LogP contribution in [0.25, 0.3) is 0 Å². The van der Waals surface area contributed by atoms with Crippen LogP contribution in [-0.4, -0.2) is 6.10 Å². The van der Waals surface area contributed by atoms with E-state index in [4.69, 9.17) is 4.74 Å². The first-order valence-corrected chi connectivity index (χ1v) is 5.08. The van der Waals surface area contributed by atoms with Crippen molar-refractivity contribution in [2.24, 2.45) is 0 Å². The predicted molar refractivity (Wildman–Crippen MR) is 58.7 cm³/mol. The van der Waals surface area contributed by atoms with Gasteiger partial charge in [-0.25, -0.2) is 0 Å². The molecule has 0 aromatic heterocycles. The third-order valence-electron chi connectivity index (χ3n) is 2.72. The fourth-order valence-electron chi connectivity index (χ4n) is 1.82. The van der Waals surface area contributed by atoms with Crippen LogP contribution in [0.5, 0.6) is 5.75 Å². The lowest BCUT2D eigenvalue weighted by Crippen LogP contribution is -2.23. The number of rotatable bonds is 1. The van der Waals surface area contributed by atoms with E-state index in [1.54, 1.807) is 0 Å². The third kappa shape index (κ3) is 1.67. The monoisotopic (exact) mass is 188 g/mol. The lowest BCUT2D eigenvalue weighted by Gasteiger charge is -2.26. The maximum atomic E-state index is 5.87. The lowest BCUT2D eigenvalue weighted by molar-refractivity contribution is 0.207. The van der Waals surface area contributed by atoms with Crippen LogP contribution >= 0.6 is 0 Å². The molecule has 1 aromatic rings. The molecule has 0 spiro atoms. The van der Waals surface area contributed by atoms with Crippen LogP contribution < -0.4 is 4.74 Å². The van der Waals surface area contributed by atoms with E-state index in [0.29, 0.717) is 0 Å². The molecule has 1 unspecified atom stereocenters. The minimum absolute atomic E-state index is 0.212. The minimum Gasteiger partial charge on any atom is -0.486 e. The van der Waals surface area contributed by atoms with E-state index in [0.717, 1.165) is 24.2 Å². The standard InChI is InChI=1S/C13H16O/c1-9(2)12-7-6-11-5-4-10(3)8-13(11)14-12/h4-5,8,12H,1,6-7H2,2-3H3. The Morgan fingerprint density at radius 2 is 2.29 bits per heavy atom. The van der Waals surface area contributed by atoms with E-state index in [1.807, 2.05) is 6.92 Å². The van der Waals surface area contributed by atoms with Crippen LogP contribution in [0.1, 0.15) is 24.5 Å². The molecule has 0 bridgehead atoms. The van der Waals surface area contributed by atoms with Gasteiger partial charge >= 0.3 is 0 Å². The third-order valence-corrected chi connectivity index (χ3v) is 2.72. The van der Waals surface area contributed by atoms with Gasteiger partial charge in [0.15, 0.2) is 0 Å². The molecule has 14 heavy (non-hydrogen) atoms. The Hall–Kier alpha value is -1.24. The highest BCUT2D eigenvalue weighted by atomic mass is 16.5. The average molecular weight is 188 g/mol.